The van der Waals surface area contributed by atoms with E-state index in [1.807, 2.05) is 0 Å². The highest BCUT2D eigenvalue weighted by molar-refractivity contribution is 5.56. The highest BCUT2D eigenvalue weighted by Crippen LogP contribution is 1.75. The van der Waals surface area contributed by atoms with E-state index in [2.05, 4.69) is 0 Å². The Morgan fingerprint density at radius 2 is 2.29 bits per heavy atom. The van der Waals surface area contributed by atoms with Crippen LogP contribution >= 0.6 is 0 Å². The zero-order valence-corrected chi connectivity index (χ0v) is 4.13. The third-order valence-electron chi connectivity index (χ3n) is 0.675. The highest BCUT2D eigenvalue weighted by atomic mass is 16.1. The maximum absolute atomic E-state index is 9.71. The lowest BCUT2D eigenvalue weighted by Crippen LogP contribution is -2.24. The lowest BCUT2D eigenvalue weighted by molar-refractivity contribution is -0.108. The van der Waals surface area contributed by atoms with Crippen molar-refractivity contribution < 1.29 is 4.79 Å². The second-order valence-corrected chi connectivity index (χ2v) is 1.38. The van der Waals surface area contributed by atoms with Crippen molar-refractivity contribution in [2.24, 2.45) is 11.5 Å². The fraction of sp³-hybridized carbons (Fsp3) is 0.750. The van der Waals surface area contributed by atoms with Gasteiger partial charge in [0.15, 0.2) is 0 Å². The van der Waals surface area contributed by atoms with Gasteiger partial charge in [0.05, 0.1) is 6.04 Å². The molecule has 0 aromatic carbocycles. The molecule has 0 saturated heterocycles. The van der Waals surface area contributed by atoms with Gasteiger partial charge in [-0.15, -0.1) is 0 Å². The Hall–Kier alpha value is -0.410. The van der Waals surface area contributed by atoms with Crippen molar-refractivity contribution in [3.8, 4) is 0 Å². The van der Waals surface area contributed by atoms with Gasteiger partial charge in [0.25, 0.3) is 0 Å². The van der Waals surface area contributed by atoms with Crippen LogP contribution in [0.25, 0.3) is 0 Å². The van der Waals surface area contributed by atoms with Crippen molar-refractivity contribution >= 4 is 6.29 Å². The van der Waals surface area contributed by atoms with Crippen molar-refractivity contribution in [3.63, 3.8) is 0 Å². The van der Waals surface area contributed by atoms with Crippen LogP contribution in [0.3, 0.4) is 0 Å². The van der Waals surface area contributed by atoms with Crippen LogP contribution in [0.4, 0.5) is 0 Å². The first-order chi connectivity index (χ1) is 3.31. The summed E-state index contributed by atoms with van der Waals surface area (Å²) in [6.07, 6.45) is 1.29. The standard InChI is InChI=1S/C4H10N2O/c5-2-1-4(6)3-7/h3-4H,1-2,5-6H2. The molecule has 4 N–H and O–H groups in total. The van der Waals surface area contributed by atoms with E-state index >= 15 is 0 Å². The summed E-state index contributed by atoms with van der Waals surface area (Å²) in [5, 5.41) is 0. The second-order valence-electron chi connectivity index (χ2n) is 1.38. The summed E-state index contributed by atoms with van der Waals surface area (Å²) in [5.74, 6) is 0. The second kappa shape index (κ2) is 3.77. The number of carbonyl (C=O) groups excluding carboxylic acids is 1. The molecular formula is C4H10N2O. The third kappa shape index (κ3) is 3.42. The van der Waals surface area contributed by atoms with Gasteiger partial charge in [-0.3, -0.25) is 0 Å². The first kappa shape index (κ1) is 6.59. The van der Waals surface area contributed by atoms with E-state index in [9.17, 15) is 4.79 Å². The number of nitrogens with two attached hydrogens (primary N) is 2. The minimum Gasteiger partial charge on any atom is -0.330 e. The van der Waals surface area contributed by atoms with Crippen LogP contribution in [0.15, 0.2) is 0 Å². The Morgan fingerprint density at radius 1 is 1.71 bits per heavy atom. The molecule has 0 aliphatic rings. The molecule has 0 aliphatic heterocycles. The summed E-state index contributed by atoms with van der Waals surface area (Å²) >= 11 is 0. The molecule has 3 heteroatoms. The quantitative estimate of drug-likeness (QED) is 0.442. The molecule has 0 spiro atoms. The number of aldehydes is 1. The van der Waals surface area contributed by atoms with Crippen molar-refractivity contribution in [1.29, 1.82) is 0 Å². The zero-order valence-electron chi connectivity index (χ0n) is 4.13. The SMILES string of the molecule is NCCC(N)C=O. The van der Waals surface area contributed by atoms with Gasteiger partial charge in [-0.25, -0.2) is 0 Å². The average molecular weight is 102 g/mol. The van der Waals surface area contributed by atoms with Gasteiger partial charge in [-0.05, 0) is 13.0 Å². The summed E-state index contributed by atoms with van der Waals surface area (Å²) < 4.78 is 0. The summed E-state index contributed by atoms with van der Waals surface area (Å²) in [4.78, 5) is 9.71. The van der Waals surface area contributed by atoms with E-state index in [0.29, 0.717) is 19.3 Å². The third-order valence-corrected chi connectivity index (χ3v) is 0.675. The minimum atomic E-state index is -0.356. The predicted octanol–water partition coefficient (Wildman–Crippen LogP) is -1.14. The monoisotopic (exact) mass is 102 g/mol. The molecule has 0 saturated carbocycles. The molecule has 0 aliphatic carbocycles. The lowest BCUT2D eigenvalue weighted by Gasteiger charge is -1.95. The summed E-state index contributed by atoms with van der Waals surface area (Å²) in [5.41, 5.74) is 10.2. The van der Waals surface area contributed by atoms with Gasteiger partial charge in [0.1, 0.15) is 6.29 Å². The van der Waals surface area contributed by atoms with E-state index in [0.717, 1.165) is 0 Å². The van der Waals surface area contributed by atoms with E-state index in [1.54, 1.807) is 0 Å². The molecule has 7 heavy (non-hydrogen) atoms. The maximum atomic E-state index is 9.71. The Bertz CT molecular complexity index is 55.7. The van der Waals surface area contributed by atoms with E-state index in [4.69, 9.17) is 11.5 Å². The van der Waals surface area contributed by atoms with Crippen LogP contribution < -0.4 is 11.5 Å². The molecule has 0 aromatic rings. The van der Waals surface area contributed by atoms with Gasteiger partial charge in [0.2, 0.25) is 0 Å². The molecule has 1 atom stereocenters. The molecule has 0 amide bonds. The van der Waals surface area contributed by atoms with Gasteiger partial charge >= 0.3 is 0 Å². The Morgan fingerprint density at radius 3 is 2.43 bits per heavy atom. The maximum Gasteiger partial charge on any atom is 0.136 e. The van der Waals surface area contributed by atoms with Gasteiger partial charge in [-0.2, -0.15) is 0 Å². The molecule has 1 unspecified atom stereocenters. The Balaban J connectivity index is 2.98. The number of carbonyl (C=O) groups is 1. The largest absolute Gasteiger partial charge is 0.330 e. The normalized spacial score (nSPS) is 13.4. The summed E-state index contributed by atoms with van der Waals surface area (Å²) in [7, 11) is 0. The molecule has 0 radical (unpaired) electrons. The van der Waals surface area contributed by atoms with Crippen molar-refractivity contribution in [2.75, 3.05) is 6.54 Å². The van der Waals surface area contributed by atoms with E-state index in [-0.39, 0.29) is 6.04 Å². The van der Waals surface area contributed by atoms with Gasteiger partial charge in [-0.1, -0.05) is 0 Å². The van der Waals surface area contributed by atoms with Crippen LogP contribution in [-0.4, -0.2) is 18.9 Å². The van der Waals surface area contributed by atoms with Gasteiger partial charge < -0.3 is 16.3 Å². The van der Waals surface area contributed by atoms with E-state index < -0.39 is 0 Å². The number of rotatable bonds is 3. The fourth-order valence-corrected chi connectivity index (χ4v) is 0.260. The summed E-state index contributed by atoms with van der Waals surface area (Å²) in [6.45, 7) is 0.486. The van der Waals surface area contributed by atoms with Crippen LogP contribution in [0.5, 0.6) is 0 Å². The first-order valence-electron chi connectivity index (χ1n) is 2.22. The lowest BCUT2D eigenvalue weighted by atomic mass is 10.2. The first-order valence-corrected chi connectivity index (χ1v) is 2.22. The van der Waals surface area contributed by atoms with Crippen LogP contribution in [-0.2, 0) is 4.79 Å². The number of hydrogen-bond acceptors (Lipinski definition) is 3. The fourth-order valence-electron chi connectivity index (χ4n) is 0.260. The van der Waals surface area contributed by atoms with Crippen molar-refractivity contribution in [3.05, 3.63) is 0 Å². The smallest absolute Gasteiger partial charge is 0.136 e. The van der Waals surface area contributed by atoms with Crippen LogP contribution in [0.2, 0.25) is 0 Å². The molecule has 0 heterocycles. The number of hydrogen-bond donors (Lipinski definition) is 2. The molecule has 42 valence electrons. The molecule has 0 rings (SSSR count). The van der Waals surface area contributed by atoms with Crippen molar-refractivity contribution in [2.45, 2.75) is 12.5 Å². The summed E-state index contributed by atoms with van der Waals surface area (Å²) in [6, 6.07) is -0.356. The van der Waals surface area contributed by atoms with Gasteiger partial charge in [0, 0.05) is 0 Å². The Labute approximate surface area is 42.7 Å². The zero-order chi connectivity index (χ0) is 5.70. The molecule has 0 aromatic heterocycles. The van der Waals surface area contributed by atoms with E-state index in [1.165, 1.54) is 0 Å². The van der Waals surface area contributed by atoms with Crippen molar-refractivity contribution in [1.82, 2.24) is 0 Å². The average Bonchev–Trinajstić information content (AvgIpc) is 1.68. The Kier molecular flexibility index (Phi) is 3.55. The minimum absolute atomic E-state index is 0.356. The topological polar surface area (TPSA) is 69.1 Å². The molecule has 0 bridgehead atoms. The van der Waals surface area contributed by atoms with Crippen LogP contribution in [0.1, 0.15) is 6.42 Å². The molecule has 3 nitrogen and oxygen atoms in total. The molecular weight excluding hydrogens is 92.1 g/mol. The molecule has 0 fully saturated rings. The van der Waals surface area contributed by atoms with Crippen LogP contribution in [0, 0.1) is 0 Å². The highest BCUT2D eigenvalue weighted by Gasteiger charge is 1.93. The predicted molar refractivity (Wildman–Crippen MR) is 27.7 cm³/mol.